The van der Waals surface area contributed by atoms with Crippen molar-refractivity contribution >= 4 is 58.8 Å². The molecule has 2 saturated carbocycles. The number of amides is 4. The van der Waals surface area contributed by atoms with Gasteiger partial charge in [0.15, 0.2) is 0 Å². The zero-order valence-corrected chi connectivity index (χ0v) is 25.9. The molecule has 4 N–H and O–H groups in total. The third kappa shape index (κ3) is 8.27. The quantitative estimate of drug-likeness (QED) is 0.167. The largest absolute Gasteiger partial charge is 0.466 e. The van der Waals surface area contributed by atoms with Gasteiger partial charge in [-0.05, 0) is 51.4 Å². The maximum absolute atomic E-state index is 14.1. The summed E-state index contributed by atoms with van der Waals surface area (Å²) in [6, 6.07) is -3.34. The minimum atomic E-state index is -1.60. The molecule has 3 aliphatic rings. The number of carbonyl (C=O) groups excluding carboxylic acids is 6. The zero-order chi connectivity index (χ0) is 31.2. The lowest BCUT2D eigenvalue weighted by Gasteiger charge is -2.36. The van der Waals surface area contributed by atoms with Gasteiger partial charge in [-0.25, -0.2) is 9.59 Å². The number of halogens is 2. The summed E-state index contributed by atoms with van der Waals surface area (Å²) in [6.07, 6.45) is 6.35. The van der Waals surface area contributed by atoms with Crippen LogP contribution in [0.2, 0.25) is 0 Å². The van der Waals surface area contributed by atoms with Crippen LogP contribution in [0.15, 0.2) is 0 Å². The number of likely N-dealkylation sites (tertiary alicyclic amines) is 1. The summed E-state index contributed by atoms with van der Waals surface area (Å²) >= 11 is 12.5. The second kappa shape index (κ2) is 14.7. The number of carbonyl (C=O) groups is 6. The Morgan fingerprint density at radius 3 is 2.12 bits per heavy atom. The molecule has 42 heavy (non-hydrogen) atoms. The van der Waals surface area contributed by atoms with Crippen LogP contribution in [0.3, 0.4) is 0 Å². The van der Waals surface area contributed by atoms with Crippen LogP contribution in [0.1, 0.15) is 78.1 Å². The molecule has 236 valence electrons. The zero-order valence-electron chi connectivity index (χ0n) is 24.4. The van der Waals surface area contributed by atoms with Gasteiger partial charge in [0.25, 0.3) is 5.91 Å². The number of hydrogen-bond acceptors (Lipinski definition) is 8. The lowest BCUT2D eigenvalue weighted by atomic mass is 9.80. The van der Waals surface area contributed by atoms with E-state index in [0.29, 0.717) is 19.3 Å². The van der Waals surface area contributed by atoms with E-state index < -0.39 is 70.0 Å². The van der Waals surface area contributed by atoms with E-state index in [-0.39, 0.29) is 24.8 Å². The molecule has 0 aromatic carbocycles. The molecule has 3 fully saturated rings. The lowest BCUT2D eigenvalue weighted by Crippen LogP contribution is -2.59. The Labute approximate surface area is 256 Å². The summed E-state index contributed by atoms with van der Waals surface area (Å²) < 4.78 is 10.0. The van der Waals surface area contributed by atoms with Crippen molar-refractivity contribution in [1.29, 1.82) is 0 Å². The number of primary amides is 1. The topological polar surface area (TPSA) is 174 Å². The van der Waals surface area contributed by atoms with E-state index in [2.05, 4.69) is 10.6 Å². The number of methoxy groups -OCH3 is 1. The highest BCUT2D eigenvalue weighted by atomic mass is 35.5. The lowest BCUT2D eigenvalue weighted by molar-refractivity contribution is -0.159. The van der Waals surface area contributed by atoms with Crippen molar-refractivity contribution in [1.82, 2.24) is 15.5 Å². The Balaban J connectivity index is 1.85. The van der Waals surface area contributed by atoms with Gasteiger partial charge in [-0.1, -0.05) is 38.5 Å². The molecule has 2 aliphatic carbocycles. The predicted octanol–water partition coefficient (Wildman–Crippen LogP) is 2.36. The highest BCUT2D eigenvalue weighted by Gasteiger charge is 2.48. The van der Waals surface area contributed by atoms with Crippen molar-refractivity contribution in [3.8, 4) is 0 Å². The van der Waals surface area contributed by atoms with Crippen LogP contribution in [0.5, 0.6) is 0 Å². The fraction of sp³-hybridized carbons (Fsp3) is 0.786. The first-order valence-corrected chi connectivity index (χ1v) is 15.4. The van der Waals surface area contributed by atoms with Gasteiger partial charge in [-0.2, -0.15) is 0 Å². The van der Waals surface area contributed by atoms with Gasteiger partial charge in [0, 0.05) is 12.5 Å². The molecule has 0 aromatic heterocycles. The average Bonchev–Trinajstić information content (AvgIpc) is 3.37. The van der Waals surface area contributed by atoms with Crippen LogP contribution < -0.4 is 16.4 Å². The van der Waals surface area contributed by atoms with Gasteiger partial charge >= 0.3 is 12.1 Å². The van der Waals surface area contributed by atoms with Gasteiger partial charge in [0.05, 0.1) is 13.2 Å². The summed E-state index contributed by atoms with van der Waals surface area (Å²) in [6.45, 7) is 2.87. The predicted molar refractivity (Wildman–Crippen MR) is 153 cm³/mol. The number of ether oxygens (including phenoxy) is 2. The standard InChI is InChI=1S/C28H42Cl2N4O8/c1-28(2,26(39)41-3)42-27(40)33-19(16-10-5-4-6-11-16)25(38)34-13-12-17(22(29)30)20(34)24(37)32-18(21(35)23(31)36)14-15-8-7-9-15/h15-20,22H,4-14H2,1-3H3,(H2,31,36)(H,32,37)(H,33,40)/t17?,18?,19-,20-/m0/s1. The number of ketones is 1. The molecule has 1 heterocycles. The highest BCUT2D eigenvalue weighted by molar-refractivity contribution is 6.44. The number of Topliss-reactive ketones (excluding diaryl/α,β-unsaturated/α-hetero) is 1. The SMILES string of the molecule is COC(=O)C(C)(C)OC(=O)N[C@H](C(=O)N1CCC(C(Cl)Cl)[C@H]1C(=O)NC(CC1CCC1)C(=O)C(N)=O)C1CCCCC1. The Bertz CT molecular complexity index is 1040. The van der Waals surface area contributed by atoms with Crippen LogP contribution in [-0.2, 0) is 33.4 Å². The summed E-state index contributed by atoms with van der Waals surface area (Å²) in [5.41, 5.74) is 3.66. The Kier molecular flexibility index (Phi) is 11.9. The smallest absolute Gasteiger partial charge is 0.408 e. The van der Waals surface area contributed by atoms with E-state index in [1.54, 1.807) is 0 Å². The minimum absolute atomic E-state index is 0.127. The number of nitrogens with one attached hydrogen (secondary N) is 2. The van der Waals surface area contributed by atoms with Crippen molar-refractivity contribution in [2.75, 3.05) is 13.7 Å². The van der Waals surface area contributed by atoms with Crippen molar-refractivity contribution in [3.05, 3.63) is 0 Å². The fourth-order valence-electron chi connectivity index (χ4n) is 6.09. The molecular formula is C28H42Cl2N4O8. The van der Waals surface area contributed by atoms with Crippen molar-refractivity contribution < 1.29 is 38.2 Å². The fourth-order valence-corrected chi connectivity index (χ4v) is 6.62. The first kappa shape index (κ1) is 33.9. The monoisotopic (exact) mass is 632 g/mol. The van der Waals surface area contributed by atoms with E-state index >= 15 is 0 Å². The molecule has 12 nitrogen and oxygen atoms in total. The van der Waals surface area contributed by atoms with Gasteiger partial charge in [-0.15, -0.1) is 23.2 Å². The van der Waals surface area contributed by atoms with Gasteiger partial charge < -0.3 is 30.7 Å². The van der Waals surface area contributed by atoms with E-state index in [9.17, 15) is 28.8 Å². The summed E-state index contributed by atoms with van der Waals surface area (Å²) in [5.74, 6) is -4.77. The second-order valence-corrected chi connectivity index (χ2v) is 13.2. The summed E-state index contributed by atoms with van der Waals surface area (Å²) in [7, 11) is 1.17. The van der Waals surface area contributed by atoms with Crippen LogP contribution >= 0.6 is 23.2 Å². The van der Waals surface area contributed by atoms with Gasteiger partial charge in [0.1, 0.15) is 16.9 Å². The Morgan fingerprint density at radius 2 is 1.60 bits per heavy atom. The minimum Gasteiger partial charge on any atom is -0.466 e. The first-order chi connectivity index (χ1) is 19.8. The molecule has 0 spiro atoms. The number of esters is 1. The molecular weight excluding hydrogens is 591 g/mol. The molecule has 4 amide bonds. The van der Waals surface area contributed by atoms with Crippen LogP contribution in [0.4, 0.5) is 4.79 Å². The van der Waals surface area contributed by atoms with Gasteiger partial charge in [0.2, 0.25) is 23.2 Å². The number of nitrogens with zero attached hydrogens (tertiary/aromatic N) is 1. The van der Waals surface area contributed by atoms with E-state index in [4.69, 9.17) is 38.4 Å². The number of nitrogens with two attached hydrogens (primary N) is 1. The van der Waals surface area contributed by atoms with Gasteiger partial charge in [-0.3, -0.25) is 19.2 Å². The molecule has 4 atom stereocenters. The Morgan fingerprint density at radius 1 is 0.952 bits per heavy atom. The van der Waals surface area contributed by atoms with Crippen LogP contribution in [0, 0.1) is 17.8 Å². The van der Waals surface area contributed by atoms with Crippen molar-refractivity contribution in [2.45, 2.75) is 107 Å². The Hall–Kier alpha value is -2.60. The number of alkyl halides is 2. The molecule has 2 unspecified atom stereocenters. The van der Waals surface area contributed by atoms with Crippen LogP contribution in [0.25, 0.3) is 0 Å². The normalized spacial score (nSPS) is 23.0. The number of alkyl carbamates (subject to hydrolysis) is 1. The van der Waals surface area contributed by atoms with Crippen LogP contribution in [-0.4, -0.2) is 82.7 Å². The maximum Gasteiger partial charge on any atom is 0.408 e. The van der Waals surface area contributed by atoms with E-state index in [1.165, 1.54) is 25.9 Å². The molecule has 0 aromatic rings. The number of rotatable bonds is 12. The highest BCUT2D eigenvalue weighted by Crippen LogP contribution is 2.36. The maximum atomic E-state index is 14.1. The third-order valence-electron chi connectivity index (χ3n) is 8.68. The third-order valence-corrected chi connectivity index (χ3v) is 9.32. The molecule has 0 radical (unpaired) electrons. The molecule has 14 heteroatoms. The van der Waals surface area contributed by atoms with E-state index in [0.717, 1.165) is 38.5 Å². The van der Waals surface area contributed by atoms with Crippen molar-refractivity contribution in [3.63, 3.8) is 0 Å². The summed E-state index contributed by atoms with van der Waals surface area (Å²) in [5, 5.41) is 5.30. The first-order valence-electron chi connectivity index (χ1n) is 14.6. The second-order valence-electron chi connectivity index (χ2n) is 12.0. The summed E-state index contributed by atoms with van der Waals surface area (Å²) in [4.78, 5) is 77.5. The van der Waals surface area contributed by atoms with Crippen molar-refractivity contribution in [2.24, 2.45) is 23.5 Å². The number of hydrogen-bond donors (Lipinski definition) is 3. The average molecular weight is 634 g/mol. The molecule has 0 bridgehead atoms. The van der Waals surface area contributed by atoms with E-state index in [1.807, 2.05) is 0 Å². The molecule has 3 rings (SSSR count). The molecule has 1 saturated heterocycles. The molecule has 1 aliphatic heterocycles.